The molecule has 2 aromatic rings. The molecule has 6 heteroatoms. The van der Waals surface area contributed by atoms with Gasteiger partial charge in [-0.1, -0.05) is 6.42 Å². The Morgan fingerprint density at radius 2 is 2.05 bits per heavy atom. The number of nitrogens with zero attached hydrogens (tertiary/aromatic N) is 2. The summed E-state index contributed by atoms with van der Waals surface area (Å²) in [6.07, 6.45) is -0.824. The fraction of sp³-hybridized carbons (Fsp3) is 0.462. The fourth-order valence-corrected chi connectivity index (χ4v) is 2.45. The average molecular weight is 269 g/mol. The zero-order chi connectivity index (χ0) is 13.6. The number of imidazole rings is 1. The number of hydrogen-bond donors (Lipinski definition) is 1. The number of nitrogens with two attached hydrogens (primary N) is 1. The van der Waals surface area contributed by atoms with Crippen LogP contribution in [0.1, 0.15) is 24.8 Å². The lowest BCUT2D eigenvalue weighted by atomic mass is 9.85. The van der Waals surface area contributed by atoms with Crippen molar-refractivity contribution in [1.29, 1.82) is 0 Å². The van der Waals surface area contributed by atoms with Crippen molar-refractivity contribution < 1.29 is 13.2 Å². The topological polar surface area (TPSA) is 43.8 Å². The number of alkyl halides is 3. The van der Waals surface area contributed by atoms with Crippen molar-refractivity contribution in [1.82, 2.24) is 9.55 Å². The molecule has 0 bridgehead atoms. The maximum Gasteiger partial charge on any atom is 0.416 e. The Labute approximate surface area is 108 Å². The van der Waals surface area contributed by atoms with Crippen LogP contribution in [0.2, 0.25) is 0 Å². The summed E-state index contributed by atoms with van der Waals surface area (Å²) in [4.78, 5) is 4.04. The highest BCUT2D eigenvalue weighted by atomic mass is 19.4. The van der Waals surface area contributed by atoms with Crippen LogP contribution in [0, 0.1) is 5.92 Å². The van der Waals surface area contributed by atoms with Crippen LogP contribution in [-0.4, -0.2) is 9.55 Å². The van der Waals surface area contributed by atoms with Gasteiger partial charge < -0.3 is 10.3 Å². The molecule has 0 spiro atoms. The van der Waals surface area contributed by atoms with Crippen molar-refractivity contribution in [3.8, 4) is 0 Å². The zero-order valence-corrected chi connectivity index (χ0v) is 10.2. The van der Waals surface area contributed by atoms with Crippen molar-refractivity contribution in [3.63, 3.8) is 0 Å². The SMILES string of the molecule is Nc1nc2cc(C(F)(F)F)ccc2n1CC1CCC1. The van der Waals surface area contributed by atoms with E-state index in [-0.39, 0.29) is 0 Å². The number of benzene rings is 1. The Morgan fingerprint density at radius 3 is 2.63 bits per heavy atom. The average Bonchev–Trinajstić information content (AvgIpc) is 2.57. The molecule has 1 aromatic heterocycles. The molecule has 3 rings (SSSR count). The van der Waals surface area contributed by atoms with Gasteiger partial charge in [0.05, 0.1) is 16.6 Å². The van der Waals surface area contributed by atoms with E-state index in [4.69, 9.17) is 5.73 Å². The van der Waals surface area contributed by atoms with Gasteiger partial charge in [-0.05, 0) is 37.0 Å². The van der Waals surface area contributed by atoms with Crippen LogP contribution < -0.4 is 5.73 Å². The van der Waals surface area contributed by atoms with Gasteiger partial charge in [0, 0.05) is 6.54 Å². The van der Waals surface area contributed by atoms with E-state index in [0.29, 0.717) is 22.9 Å². The molecule has 1 aliphatic rings. The fourth-order valence-electron chi connectivity index (χ4n) is 2.45. The van der Waals surface area contributed by atoms with Crippen LogP contribution in [0.5, 0.6) is 0 Å². The molecular formula is C13H14F3N3. The van der Waals surface area contributed by atoms with E-state index in [2.05, 4.69) is 4.98 Å². The minimum Gasteiger partial charge on any atom is -0.369 e. The number of anilines is 1. The van der Waals surface area contributed by atoms with Crippen LogP contribution in [0.3, 0.4) is 0 Å². The van der Waals surface area contributed by atoms with E-state index in [0.717, 1.165) is 31.5 Å². The standard InChI is InChI=1S/C13H14F3N3/c14-13(15,16)9-4-5-11-10(6-9)18-12(17)19(11)7-8-2-1-3-8/h4-6,8H,1-3,7H2,(H2,17,18). The van der Waals surface area contributed by atoms with Crippen molar-refractivity contribution in [2.45, 2.75) is 32.0 Å². The minimum absolute atomic E-state index is 0.293. The van der Waals surface area contributed by atoms with Gasteiger partial charge in [-0.3, -0.25) is 0 Å². The highest BCUT2D eigenvalue weighted by Gasteiger charge is 2.31. The highest BCUT2D eigenvalue weighted by molar-refractivity contribution is 5.79. The highest BCUT2D eigenvalue weighted by Crippen LogP contribution is 2.33. The molecule has 1 aliphatic carbocycles. The van der Waals surface area contributed by atoms with E-state index in [9.17, 15) is 13.2 Å². The minimum atomic E-state index is -4.35. The van der Waals surface area contributed by atoms with Gasteiger partial charge in [-0.15, -0.1) is 0 Å². The lowest BCUT2D eigenvalue weighted by molar-refractivity contribution is -0.137. The van der Waals surface area contributed by atoms with Crippen LogP contribution in [0.4, 0.5) is 19.1 Å². The second-order valence-corrected chi connectivity index (χ2v) is 5.08. The summed E-state index contributed by atoms with van der Waals surface area (Å²) in [7, 11) is 0. The lowest BCUT2D eigenvalue weighted by Crippen LogP contribution is -2.19. The van der Waals surface area contributed by atoms with E-state index in [1.807, 2.05) is 4.57 Å². The largest absolute Gasteiger partial charge is 0.416 e. The Balaban J connectivity index is 2.01. The quantitative estimate of drug-likeness (QED) is 0.907. The monoisotopic (exact) mass is 269 g/mol. The summed E-state index contributed by atoms with van der Waals surface area (Å²) in [6, 6.07) is 3.60. The predicted molar refractivity (Wildman–Crippen MR) is 66.5 cm³/mol. The number of hydrogen-bond acceptors (Lipinski definition) is 2. The second-order valence-electron chi connectivity index (χ2n) is 5.08. The molecule has 2 N–H and O–H groups in total. The molecule has 102 valence electrons. The molecule has 0 unspecified atom stereocenters. The summed E-state index contributed by atoms with van der Waals surface area (Å²) < 4.78 is 39.7. The summed E-state index contributed by atoms with van der Waals surface area (Å²) in [5, 5.41) is 0. The molecule has 19 heavy (non-hydrogen) atoms. The molecule has 0 saturated heterocycles. The molecule has 0 radical (unpaired) electrons. The first-order valence-electron chi connectivity index (χ1n) is 6.28. The third-order valence-corrected chi connectivity index (χ3v) is 3.77. The van der Waals surface area contributed by atoms with Gasteiger partial charge in [0.15, 0.2) is 0 Å². The van der Waals surface area contributed by atoms with E-state index >= 15 is 0 Å². The van der Waals surface area contributed by atoms with Gasteiger partial charge >= 0.3 is 6.18 Å². The van der Waals surface area contributed by atoms with Crippen LogP contribution in [0.25, 0.3) is 11.0 Å². The van der Waals surface area contributed by atoms with Crippen LogP contribution in [0.15, 0.2) is 18.2 Å². The molecule has 3 nitrogen and oxygen atoms in total. The van der Waals surface area contributed by atoms with Crippen LogP contribution in [-0.2, 0) is 12.7 Å². The van der Waals surface area contributed by atoms with Crippen molar-refractivity contribution in [3.05, 3.63) is 23.8 Å². The molecule has 0 atom stereocenters. The van der Waals surface area contributed by atoms with Crippen molar-refractivity contribution >= 4 is 17.0 Å². The van der Waals surface area contributed by atoms with Gasteiger partial charge in [0.1, 0.15) is 0 Å². The maximum atomic E-state index is 12.6. The lowest BCUT2D eigenvalue weighted by Gasteiger charge is -2.26. The molecule has 0 aliphatic heterocycles. The summed E-state index contributed by atoms with van der Waals surface area (Å²) in [5.41, 5.74) is 6.11. The maximum absolute atomic E-state index is 12.6. The molecule has 1 saturated carbocycles. The number of nitrogen functional groups attached to an aromatic ring is 1. The molecular weight excluding hydrogens is 255 g/mol. The van der Waals surface area contributed by atoms with E-state index < -0.39 is 11.7 Å². The third kappa shape index (κ3) is 2.15. The van der Waals surface area contributed by atoms with Gasteiger partial charge in [-0.2, -0.15) is 13.2 Å². The zero-order valence-electron chi connectivity index (χ0n) is 10.2. The van der Waals surface area contributed by atoms with E-state index in [1.165, 1.54) is 12.5 Å². The third-order valence-electron chi connectivity index (χ3n) is 3.77. The number of aromatic nitrogens is 2. The second kappa shape index (κ2) is 4.15. The summed E-state index contributed by atoms with van der Waals surface area (Å²) in [5.74, 6) is 0.864. The summed E-state index contributed by atoms with van der Waals surface area (Å²) >= 11 is 0. The Bertz CT molecular complexity index is 611. The van der Waals surface area contributed by atoms with Crippen molar-refractivity contribution in [2.24, 2.45) is 5.92 Å². The van der Waals surface area contributed by atoms with Crippen molar-refractivity contribution in [2.75, 3.05) is 5.73 Å². The Kier molecular flexibility index (Phi) is 2.69. The normalized spacial score (nSPS) is 16.8. The number of halogens is 3. The van der Waals surface area contributed by atoms with Crippen LogP contribution >= 0.6 is 0 Å². The van der Waals surface area contributed by atoms with E-state index in [1.54, 1.807) is 0 Å². The van der Waals surface area contributed by atoms with Gasteiger partial charge in [0.2, 0.25) is 5.95 Å². The molecule has 1 heterocycles. The van der Waals surface area contributed by atoms with Gasteiger partial charge in [-0.25, -0.2) is 4.98 Å². The molecule has 1 fully saturated rings. The Hall–Kier alpha value is -1.72. The Morgan fingerprint density at radius 1 is 1.32 bits per heavy atom. The smallest absolute Gasteiger partial charge is 0.369 e. The molecule has 0 amide bonds. The summed E-state index contributed by atoms with van der Waals surface area (Å²) in [6.45, 7) is 0.744. The molecule has 1 aromatic carbocycles. The first-order valence-corrected chi connectivity index (χ1v) is 6.28. The first-order chi connectivity index (χ1) is 8.95. The number of rotatable bonds is 2. The first kappa shape index (κ1) is 12.3. The van der Waals surface area contributed by atoms with Gasteiger partial charge in [0.25, 0.3) is 0 Å². The number of fused-ring (bicyclic) bond motifs is 1. The predicted octanol–water partition coefficient (Wildman–Crippen LogP) is 3.44.